The molecule has 0 radical (unpaired) electrons. The van der Waals surface area contributed by atoms with Gasteiger partial charge < -0.3 is 14.6 Å². The van der Waals surface area contributed by atoms with Gasteiger partial charge in [-0.05, 0) is 24.5 Å². The number of rotatable bonds is 9. The Morgan fingerprint density at radius 2 is 1.95 bits per heavy atom. The topological polar surface area (TPSA) is 97.8 Å². The Morgan fingerprint density at radius 3 is 2.71 bits per heavy atom. The number of carbonyl (C=O) groups excluding carboxylic acids is 1. The quantitative estimate of drug-likeness (QED) is 0.257. The van der Waals surface area contributed by atoms with Crippen molar-refractivity contribution < 1.29 is 14.1 Å². The molecule has 0 bridgehead atoms. The molecule has 1 saturated heterocycles. The van der Waals surface area contributed by atoms with Crippen LogP contribution in [-0.2, 0) is 23.1 Å². The second-order valence-electron chi connectivity index (χ2n) is 12.6. The maximum Gasteiger partial charge on any atom is 0.214 e. The van der Waals surface area contributed by atoms with E-state index in [0.717, 1.165) is 64.1 Å². The van der Waals surface area contributed by atoms with Crippen LogP contribution in [0.3, 0.4) is 0 Å². The van der Waals surface area contributed by atoms with Gasteiger partial charge in [0.1, 0.15) is 23.0 Å². The first-order chi connectivity index (χ1) is 20.3. The van der Waals surface area contributed by atoms with Crippen LogP contribution < -0.4 is 10.1 Å². The Balaban J connectivity index is 0.977. The highest BCUT2D eigenvalue weighted by Crippen LogP contribution is 2.42. The Kier molecular flexibility index (Phi) is 6.87. The van der Waals surface area contributed by atoms with E-state index in [4.69, 9.17) is 19.2 Å². The van der Waals surface area contributed by atoms with Crippen LogP contribution in [0.4, 0.5) is 0 Å². The van der Waals surface area contributed by atoms with Crippen molar-refractivity contribution in [3.05, 3.63) is 65.7 Å². The number of pyridine rings is 1. The molecule has 0 atom stereocenters. The smallest absolute Gasteiger partial charge is 0.214 e. The molecular formula is C32H36N6O3S. The van der Waals surface area contributed by atoms with Crippen molar-refractivity contribution in [2.24, 2.45) is 0 Å². The second-order valence-corrected chi connectivity index (χ2v) is 13.6. The van der Waals surface area contributed by atoms with Gasteiger partial charge in [-0.3, -0.25) is 14.1 Å². The molecule has 0 amide bonds. The van der Waals surface area contributed by atoms with Crippen molar-refractivity contribution in [1.29, 1.82) is 0 Å². The highest BCUT2D eigenvalue weighted by atomic mass is 32.1. The number of piperazine rings is 1. The van der Waals surface area contributed by atoms with Crippen LogP contribution in [0.1, 0.15) is 50.6 Å². The Morgan fingerprint density at radius 1 is 1.12 bits per heavy atom. The lowest BCUT2D eigenvalue weighted by atomic mass is 9.93. The van der Waals surface area contributed by atoms with Crippen LogP contribution in [0.15, 0.2) is 53.2 Å². The normalized spacial score (nSPS) is 16.9. The fourth-order valence-corrected chi connectivity index (χ4v) is 6.73. The van der Waals surface area contributed by atoms with Gasteiger partial charge in [-0.1, -0.05) is 61.5 Å². The first-order valence-electron chi connectivity index (χ1n) is 14.7. The van der Waals surface area contributed by atoms with E-state index < -0.39 is 0 Å². The number of ketones is 1. The maximum absolute atomic E-state index is 12.7. The number of benzene rings is 1. The van der Waals surface area contributed by atoms with Crippen molar-refractivity contribution in [1.82, 2.24) is 29.7 Å². The van der Waals surface area contributed by atoms with E-state index in [1.807, 2.05) is 42.6 Å². The van der Waals surface area contributed by atoms with Crippen molar-refractivity contribution >= 4 is 32.4 Å². The lowest BCUT2D eigenvalue weighted by Gasteiger charge is -2.36. The number of hydrogen-bond acceptors (Lipinski definition) is 9. The minimum absolute atomic E-state index is 0.108. The zero-order valence-corrected chi connectivity index (χ0v) is 25.2. The van der Waals surface area contributed by atoms with Crippen LogP contribution in [0.5, 0.6) is 5.88 Å². The summed E-state index contributed by atoms with van der Waals surface area (Å²) in [6.07, 6.45) is 5.24. The predicted octanol–water partition coefficient (Wildman–Crippen LogP) is 5.07. The Bertz CT molecular complexity index is 1740. The molecule has 7 rings (SSSR count). The number of ether oxygens (including phenoxy) is 1. The third kappa shape index (κ3) is 5.46. The van der Waals surface area contributed by atoms with Gasteiger partial charge >= 0.3 is 0 Å². The third-order valence-electron chi connectivity index (χ3n) is 8.38. The summed E-state index contributed by atoms with van der Waals surface area (Å²) >= 11 is 1.56. The van der Waals surface area contributed by atoms with Crippen molar-refractivity contribution in [2.75, 3.05) is 32.8 Å². The zero-order chi connectivity index (χ0) is 28.9. The number of nitrogens with one attached hydrogen (secondary N) is 1. The van der Waals surface area contributed by atoms with Gasteiger partial charge in [0.25, 0.3) is 0 Å². The molecule has 2 fully saturated rings. The molecule has 42 heavy (non-hydrogen) atoms. The fraction of sp³-hybridized carbons (Fsp3) is 0.438. The lowest BCUT2D eigenvalue weighted by molar-refractivity contribution is -0.117. The Labute approximate surface area is 248 Å². The van der Waals surface area contributed by atoms with E-state index >= 15 is 0 Å². The average Bonchev–Trinajstić information content (AvgIpc) is 3.26. The van der Waals surface area contributed by atoms with Crippen molar-refractivity contribution in [3.63, 3.8) is 0 Å². The van der Waals surface area contributed by atoms with E-state index in [0.29, 0.717) is 30.1 Å². The number of fused-ring (bicyclic) bond motifs is 3. The summed E-state index contributed by atoms with van der Waals surface area (Å²) in [7, 11) is 0. The number of thiazole rings is 1. The standard InChI is InChI=1S/C32H36N6O3S/c1-31(2,3)27-18-23(36-41-27)17-24(39)16-21-4-6-22(7-5-21)25-19-38-26-8-9-28(35-29(26)42-30(38)34-25)40-15-14-37-13-12-33-20-32(37)10-11-32/h4-9,18-19,33H,10-17,20H2,1-3H3. The van der Waals surface area contributed by atoms with Crippen LogP contribution in [-0.4, -0.2) is 68.5 Å². The first kappa shape index (κ1) is 27.2. The minimum Gasteiger partial charge on any atom is -0.476 e. The van der Waals surface area contributed by atoms with Crippen LogP contribution in [0.25, 0.3) is 26.6 Å². The third-order valence-corrected chi connectivity index (χ3v) is 9.35. The highest BCUT2D eigenvalue weighted by molar-refractivity contribution is 7.23. The molecule has 5 heterocycles. The average molecular weight is 585 g/mol. The summed E-state index contributed by atoms with van der Waals surface area (Å²) in [5, 5.41) is 7.60. The molecule has 10 heteroatoms. The molecule has 1 aromatic carbocycles. The molecule has 1 saturated carbocycles. The monoisotopic (exact) mass is 584 g/mol. The molecule has 218 valence electrons. The summed E-state index contributed by atoms with van der Waals surface area (Å²) in [5.41, 5.74) is 4.82. The molecule has 1 spiro atoms. The highest BCUT2D eigenvalue weighted by Gasteiger charge is 2.48. The summed E-state index contributed by atoms with van der Waals surface area (Å²) in [6.45, 7) is 11.0. The second kappa shape index (κ2) is 10.6. The largest absolute Gasteiger partial charge is 0.476 e. The van der Waals surface area contributed by atoms with Gasteiger partial charge in [-0.2, -0.15) is 0 Å². The van der Waals surface area contributed by atoms with E-state index in [1.165, 1.54) is 12.8 Å². The zero-order valence-electron chi connectivity index (χ0n) is 24.4. The number of nitrogens with zero attached hydrogens (tertiary/aromatic N) is 5. The molecule has 5 aromatic rings. The summed E-state index contributed by atoms with van der Waals surface area (Å²) in [6, 6.07) is 14.0. The molecular weight excluding hydrogens is 548 g/mol. The SMILES string of the molecule is CC(C)(C)c1cc(CC(=O)Cc2ccc(-c3cn4c(n3)sc3nc(OCCN5CCNCC56CC6)ccc34)cc2)no1. The van der Waals surface area contributed by atoms with Gasteiger partial charge in [0.05, 0.1) is 23.3 Å². The molecule has 1 aliphatic carbocycles. The van der Waals surface area contributed by atoms with Gasteiger partial charge in [0, 0.05) is 67.4 Å². The minimum atomic E-state index is -0.129. The summed E-state index contributed by atoms with van der Waals surface area (Å²) < 4.78 is 13.6. The molecule has 9 nitrogen and oxygen atoms in total. The van der Waals surface area contributed by atoms with E-state index in [9.17, 15) is 4.79 Å². The predicted molar refractivity (Wildman–Crippen MR) is 163 cm³/mol. The number of Topliss-reactive ketones (excluding diaryl/α,β-unsaturated/α-hetero) is 1. The van der Waals surface area contributed by atoms with Gasteiger partial charge in [0.2, 0.25) is 5.88 Å². The van der Waals surface area contributed by atoms with Gasteiger partial charge in [-0.15, -0.1) is 0 Å². The fourth-order valence-electron chi connectivity index (χ4n) is 5.75. The molecule has 0 unspecified atom stereocenters. The van der Waals surface area contributed by atoms with E-state index in [1.54, 1.807) is 11.3 Å². The lowest BCUT2D eigenvalue weighted by Crippen LogP contribution is -2.54. The van der Waals surface area contributed by atoms with Crippen LogP contribution in [0, 0.1) is 0 Å². The molecule has 2 aliphatic rings. The van der Waals surface area contributed by atoms with Gasteiger partial charge in [-0.25, -0.2) is 9.97 Å². The number of aromatic nitrogens is 4. The Hall–Kier alpha value is -3.60. The van der Waals surface area contributed by atoms with E-state index in [2.05, 4.69) is 46.6 Å². The van der Waals surface area contributed by atoms with Crippen LogP contribution in [0.2, 0.25) is 0 Å². The maximum atomic E-state index is 12.7. The summed E-state index contributed by atoms with van der Waals surface area (Å²) in [5.74, 6) is 1.56. The summed E-state index contributed by atoms with van der Waals surface area (Å²) in [4.78, 5) is 26.7. The number of imidazole rings is 1. The molecule has 1 N–H and O–H groups in total. The number of hydrogen-bond donors (Lipinski definition) is 1. The van der Waals surface area contributed by atoms with Crippen LogP contribution >= 0.6 is 11.3 Å². The van der Waals surface area contributed by atoms with Gasteiger partial charge in [0.15, 0.2) is 4.96 Å². The number of carbonyl (C=O) groups is 1. The van der Waals surface area contributed by atoms with Crippen molar-refractivity contribution in [3.8, 4) is 17.1 Å². The van der Waals surface area contributed by atoms with E-state index in [-0.39, 0.29) is 17.6 Å². The molecule has 4 aromatic heterocycles. The molecule has 1 aliphatic heterocycles. The first-order valence-corrected chi connectivity index (χ1v) is 15.5. The van der Waals surface area contributed by atoms with Crippen molar-refractivity contribution in [2.45, 2.75) is 57.4 Å².